The molecule has 0 aliphatic carbocycles. The summed E-state index contributed by atoms with van der Waals surface area (Å²) in [5, 5.41) is 9.43. The zero-order valence-corrected chi connectivity index (χ0v) is 12.8. The maximum Gasteiger partial charge on any atom is 0.336 e. The molecule has 1 unspecified atom stereocenters. The van der Waals surface area contributed by atoms with Gasteiger partial charge in [0, 0.05) is 18.8 Å². The Kier molecular flexibility index (Phi) is 2.87. The van der Waals surface area contributed by atoms with Crippen LogP contribution in [-0.4, -0.2) is 21.0 Å². The minimum atomic E-state index is -0.905. The fraction of sp³-hybridized carbons (Fsp3) is 0.235. The lowest BCUT2D eigenvalue weighted by Gasteiger charge is -2.19. The SMILES string of the molecule is Cc1ccc(C(=O)O)c2c1C(C)N(c1nc3cnccc3o1)C2. The van der Waals surface area contributed by atoms with E-state index in [2.05, 4.69) is 9.97 Å². The lowest BCUT2D eigenvalue weighted by molar-refractivity contribution is 0.0696. The number of carboxylic acids is 1. The molecule has 0 bridgehead atoms. The summed E-state index contributed by atoms with van der Waals surface area (Å²) in [6.07, 6.45) is 3.32. The topological polar surface area (TPSA) is 79.5 Å². The van der Waals surface area contributed by atoms with Gasteiger partial charge in [0.25, 0.3) is 6.01 Å². The van der Waals surface area contributed by atoms with Crippen molar-refractivity contribution in [2.45, 2.75) is 26.4 Å². The average Bonchev–Trinajstić information content (AvgIpc) is 3.09. The van der Waals surface area contributed by atoms with Gasteiger partial charge in [0.05, 0.1) is 17.8 Å². The van der Waals surface area contributed by atoms with Crippen LogP contribution in [0.15, 0.2) is 35.0 Å². The summed E-state index contributed by atoms with van der Waals surface area (Å²) in [7, 11) is 0. The molecule has 23 heavy (non-hydrogen) atoms. The second-order valence-electron chi connectivity index (χ2n) is 5.77. The fourth-order valence-electron chi connectivity index (χ4n) is 3.32. The van der Waals surface area contributed by atoms with Crippen LogP contribution in [0.2, 0.25) is 0 Å². The van der Waals surface area contributed by atoms with Gasteiger partial charge in [0.2, 0.25) is 0 Å². The molecule has 3 heterocycles. The van der Waals surface area contributed by atoms with Gasteiger partial charge in [-0.15, -0.1) is 0 Å². The number of carboxylic acid groups (broad SMARTS) is 1. The molecular weight excluding hydrogens is 294 g/mol. The van der Waals surface area contributed by atoms with Crippen LogP contribution in [0.25, 0.3) is 11.1 Å². The lowest BCUT2D eigenvalue weighted by Crippen LogP contribution is -2.19. The molecule has 1 atom stereocenters. The first kappa shape index (κ1) is 13.8. The van der Waals surface area contributed by atoms with Crippen LogP contribution in [-0.2, 0) is 6.54 Å². The van der Waals surface area contributed by atoms with Crippen molar-refractivity contribution in [3.63, 3.8) is 0 Å². The first-order valence-electron chi connectivity index (χ1n) is 7.39. The number of benzene rings is 1. The molecule has 2 aromatic heterocycles. The Bertz CT molecular complexity index is 899. The van der Waals surface area contributed by atoms with E-state index in [0.29, 0.717) is 29.2 Å². The first-order chi connectivity index (χ1) is 11.1. The van der Waals surface area contributed by atoms with Gasteiger partial charge in [-0.05, 0) is 36.6 Å². The van der Waals surface area contributed by atoms with Gasteiger partial charge in [0.1, 0.15) is 5.52 Å². The maximum atomic E-state index is 11.5. The summed E-state index contributed by atoms with van der Waals surface area (Å²) in [4.78, 5) is 22.0. The van der Waals surface area contributed by atoms with E-state index in [0.717, 1.165) is 16.7 Å². The van der Waals surface area contributed by atoms with E-state index >= 15 is 0 Å². The van der Waals surface area contributed by atoms with E-state index in [9.17, 15) is 9.90 Å². The summed E-state index contributed by atoms with van der Waals surface area (Å²) in [5.74, 6) is -0.905. The van der Waals surface area contributed by atoms with E-state index < -0.39 is 5.97 Å². The number of fused-ring (bicyclic) bond motifs is 2. The number of aromatic carboxylic acids is 1. The smallest absolute Gasteiger partial charge is 0.336 e. The third kappa shape index (κ3) is 1.98. The Morgan fingerprint density at radius 1 is 1.39 bits per heavy atom. The maximum absolute atomic E-state index is 11.5. The molecule has 0 fully saturated rings. The van der Waals surface area contributed by atoms with Crippen molar-refractivity contribution in [1.29, 1.82) is 0 Å². The summed E-state index contributed by atoms with van der Waals surface area (Å²) in [6, 6.07) is 5.80. The van der Waals surface area contributed by atoms with Crippen LogP contribution in [0, 0.1) is 6.92 Å². The Hall–Kier alpha value is -2.89. The minimum Gasteiger partial charge on any atom is -0.478 e. The Balaban J connectivity index is 1.82. The molecule has 1 aromatic carbocycles. The van der Waals surface area contributed by atoms with Crippen LogP contribution in [0.5, 0.6) is 0 Å². The zero-order valence-electron chi connectivity index (χ0n) is 12.8. The van der Waals surface area contributed by atoms with E-state index in [-0.39, 0.29) is 6.04 Å². The molecule has 1 N–H and O–H groups in total. The molecule has 0 amide bonds. The number of anilines is 1. The Labute approximate surface area is 132 Å². The monoisotopic (exact) mass is 309 g/mol. The number of pyridine rings is 1. The van der Waals surface area contributed by atoms with Crippen LogP contribution < -0.4 is 4.90 Å². The molecule has 6 heteroatoms. The van der Waals surface area contributed by atoms with Crippen LogP contribution in [0.1, 0.15) is 40.0 Å². The Morgan fingerprint density at radius 2 is 2.22 bits per heavy atom. The molecule has 1 aliphatic heterocycles. The van der Waals surface area contributed by atoms with E-state index in [1.54, 1.807) is 24.5 Å². The Morgan fingerprint density at radius 3 is 2.96 bits per heavy atom. The summed E-state index contributed by atoms with van der Waals surface area (Å²) >= 11 is 0. The molecule has 1 aliphatic rings. The van der Waals surface area contributed by atoms with Crippen molar-refractivity contribution >= 4 is 23.1 Å². The molecule has 116 valence electrons. The van der Waals surface area contributed by atoms with Gasteiger partial charge in [0.15, 0.2) is 5.58 Å². The largest absolute Gasteiger partial charge is 0.478 e. The van der Waals surface area contributed by atoms with Crippen molar-refractivity contribution in [3.8, 4) is 0 Å². The van der Waals surface area contributed by atoms with Gasteiger partial charge in [-0.25, -0.2) is 4.79 Å². The highest BCUT2D eigenvalue weighted by Gasteiger charge is 2.34. The summed E-state index contributed by atoms with van der Waals surface area (Å²) in [6.45, 7) is 4.51. The third-order valence-electron chi connectivity index (χ3n) is 4.44. The van der Waals surface area contributed by atoms with Gasteiger partial charge < -0.3 is 14.4 Å². The first-order valence-corrected chi connectivity index (χ1v) is 7.39. The van der Waals surface area contributed by atoms with Crippen molar-refractivity contribution in [2.75, 3.05) is 4.90 Å². The quantitative estimate of drug-likeness (QED) is 0.782. The van der Waals surface area contributed by atoms with Gasteiger partial charge >= 0.3 is 5.97 Å². The van der Waals surface area contributed by atoms with Crippen LogP contribution in [0.3, 0.4) is 0 Å². The van der Waals surface area contributed by atoms with Crippen molar-refractivity contribution < 1.29 is 14.3 Å². The number of nitrogens with zero attached hydrogens (tertiary/aromatic N) is 3. The molecule has 4 rings (SSSR count). The molecule has 0 saturated heterocycles. The van der Waals surface area contributed by atoms with Gasteiger partial charge in [-0.1, -0.05) is 6.07 Å². The number of carbonyl (C=O) groups is 1. The zero-order chi connectivity index (χ0) is 16.1. The lowest BCUT2D eigenvalue weighted by atomic mass is 9.96. The summed E-state index contributed by atoms with van der Waals surface area (Å²) in [5.41, 5.74) is 4.68. The number of rotatable bonds is 2. The molecule has 6 nitrogen and oxygen atoms in total. The highest BCUT2D eigenvalue weighted by molar-refractivity contribution is 5.90. The predicted molar refractivity (Wildman–Crippen MR) is 84.5 cm³/mol. The summed E-state index contributed by atoms with van der Waals surface area (Å²) < 4.78 is 5.82. The second-order valence-corrected chi connectivity index (χ2v) is 5.77. The number of hydrogen-bond acceptors (Lipinski definition) is 5. The number of oxazole rings is 1. The fourth-order valence-corrected chi connectivity index (χ4v) is 3.32. The molecule has 0 saturated carbocycles. The molecular formula is C17H15N3O3. The molecule has 3 aromatic rings. The van der Waals surface area contributed by atoms with Crippen molar-refractivity contribution in [1.82, 2.24) is 9.97 Å². The number of aryl methyl sites for hydroxylation is 1. The minimum absolute atomic E-state index is 0.00493. The highest BCUT2D eigenvalue weighted by atomic mass is 16.4. The van der Waals surface area contributed by atoms with E-state index in [1.165, 1.54) is 0 Å². The highest BCUT2D eigenvalue weighted by Crippen LogP contribution is 2.40. The number of aromatic nitrogens is 2. The average molecular weight is 309 g/mol. The van der Waals surface area contributed by atoms with Gasteiger partial charge in [-0.2, -0.15) is 4.98 Å². The van der Waals surface area contributed by atoms with E-state index in [4.69, 9.17) is 4.42 Å². The predicted octanol–water partition coefficient (Wildman–Crippen LogP) is 3.31. The van der Waals surface area contributed by atoms with Crippen LogP contribution in [0.4, 0.5) is 6.01 Å². The van der Waals surface area contributed by atoms with Crippen LogP contribution >= 0.6 is 0 Å². The second kappa shape index (κ2) is 4.81. The molecule has 0 radical (unpaired) electrons. The van der Waals surface area contributed by atoms with Crippen molar-refractivity contribution in [2.24, 2.45) is 0 Å². The molecule has 0 spiro atoms. The number of hydrogen-bond donors (Lipinski definition) is 1. The van der Waals surface area contributed by atoms with E-state index in [1.807, 2.05) is 24.8 Å². The van der Waals surface area contributed by atoms with Crippen molar-refractivity contribution in [3.05, 3.63) is 52.8 Å². The normalized spacial score (nSPS) is 16.8. The van der Waals surface area contributed by atoms with Gasteiger partial charge in [-0.3, -0.25) is 4.98 Å². The standard InChI is InChI=1S/C17H15N3O3/c1-9-3-4-11(16(21)22)12-8-20(10(2)15(9)12)17-19-13-7-18-6-5-14(13)23-17/h3-7,10H,8H2,1-2H3,(H,21,22). The third-order valence-corrected chi connectivity index (χ3v) is 4.44.